The van der Waals surface area contributed by atoms with Crippen LogP contribution in [-0.4, -0.2) is 32.0 Å². The lowest BCUT2D eigenvalue weighted by atomic mass is 10.0. The molecule has 94 valence electrons. The molecule has 0 aromatic carbocycles. The first kappa shape index (κ1) is 13.8. The van der Waals surface area contributed by atoms with Crippen LogP contribution >= 0.6 is 10.8 Å². The SMILES string of the molecule is CC(=O)OCCSS(=O)(=O)C1CCCCC1. The van der Waals surface area contributed by atoms with Crippen LogP contribution in [0.25, 0.3) is 0 Å². The molecular weight excluding hydrogens is 248 g/mol. The minimum Gasteiger partial charge on any atom is -0.465 e. The first-order chi connectivity index (χ1) is 7.52. The molecule has 4 nitrogen and oxygen atoms in total. The van der Waals surface area contributed by atoms with Crippen molar-refractivity contribution in [1.82, 2.24) is 0 Å². The van der Waals surface area contributed by atoms with Crippen molar-refractivity contribution >= 4 is 25.6 Å². The molecule has 1 aliphatic rings. The van der Waals surface area contributed by atoms with Gasteiger partial charge in [0.2, 0.25) is 8.87 Å². The van der Waals surface area contributed by atoms with Crippen LogP contribution in [0.15, 0.2) is 0 Å². The van der Waals surface area contributed by atoms with Crippen LogP contribution in [0.4, 0.5) is 0 Å². The topological polar surface area (TPSA) is 60.4 Å². The third-order valence-electron chi connectivity index (χ3n) is 2.60. The van der Waals surface area contributed by atoms with E-state index in [-0.39, 0.29) is 17.8 Å². The zero-order valence-electron chi connectivity index (χ0n) is 9.48. The highest BCUT2D eigenvalue weighted by Crippen LogP contribution is 2.30. The standard InChI is InChI=1S/C10H18O4S2/c1-9(11)14-7-8-15-16(12,13)10-5-3-2-4-6-10/h10H,2-8H2,1H3. The van der Waals surface area contributed by atoms with E-state index in [9.17, 15) is 13.2 Å². The van der Waals surface area contributed by atoms with E-state index >= 15 is 0 Å². The number of esters is 1. The number of hydrogen-bond acceptors (Lipinski definition) is 5. The molecule has 1 fully saturated rings. The van der Waals surface area contributed by atoms with Gasteiger partial charge in [0, 0.05) is 12.7 Å². The Bertz CT molecular complexity index is 318. The molecule has 16 heavy (non-hydrogen) atoms. The molecule has 0 saturated heterocycles. The molecule has 0 aromatic rings. The quantitative estimate of drug-likeness (QED) is 0.432. The normalized spacial score (nSPS) is 18.3. The number of carbonyl (C=O) groups is 1. The lowest BCUT2D eigenvalue weighted by Gasteiger charge is -2.20. The fourth-order valence-corrected chi connectivity index (χ4v) is 5.33. The van der Waals surface area contributed by atoms with Gasteiger partial charge < -0.3 is 4.74 Å². The molecule has 0 unspecified atom stereocenters. The summed E-state index contributed by atoms with van der Waals surface area (Å²) in [6.45, 7) is 1.49. The van der Waals surface area contributed by atoms with Crippen molar-refractivity contribution in [1.29, 1.82) is 0 Å². The van der Waals surface area contributed by atoms with E-state index in [1.807, 2.05) is 0 Å². The van der Waals surface area contributed by atoms with Crippen LogP contribution in [0.1, 0.15) is 39.0 Å². The van der Waals surface area contributed by atoms with E-state index in [2.05, 4.69) is 0 Å². The molecule has 1 aliphatic carbocycles. The average Bonchev–Trinajstić information content (AvgIpc) is 2.26. The van der Waals surface area contributed by atoms with E-state index in [4.69, 9.17) is 4.74 Å². The maximum absolute atomic E-state index is 11.9. The Balaban J connectivity index is 2.30. The van der Waals surface area contributed by atoms with Gasteiger partial charge in [0.25, 0.3) is 0 Å². The zero-order chi connectivity index (χ0) is 12.0. The maximum atomic E-state index is 11.9. The molecule has 0 aromatic heterocycles. The predicted molar refractivity (Wildman–Crippen MR) is 64.9 cm³/mol. The highest BCUT2D eigenvalue weighted by molar-refractivity contribution is 8.72. The Morgan fingerprint density at radius 3 is 2.50 bits per heavy atom. The minimum atomic E-state index is -3.06. The fraction of sp³-hybridized carbons (Fsp3) is 0.900. The summed E-state index contributed by atoms with van der Waals surface area (Å²) in [7, 11) is -2.13. The van der Waals surface area contributed by atoms with Crippen molar-refractivity contribution in [2.75, 3.05) is 12.4 Å². The summed E-state index contributed by atoms with van der Waals surface area (Å²) in [4.78, 5) is 10.5. The van der Waals surface area contributed by atoms with Crippen molar-refractivity contribution in [2.24, 2.45) is 0 Å². The van der Waals surface area contributed by atoms with Gasteiger partial charge in [0.15, 0.2) is 0 Å². The second-order valence-corrected chi connectivity index (χ2v) is 8.31. The minimum absolute atomic E-state index is 0.173. The van der Waals surface area contributed by atoms with Gasteiger partial charge in [-0.15, -0.1) is 0 Å². The largest absolute Gasteiger partial charge is 0.465 e. The van der Waals surface area contributed by atoms with Crippen LogP contribution in [0.3, 0.4) is 0 Å². The molecular formula is C10H18O4S2. The fourth-order valence-electron chi connectivity index (χ4n) is 1.79. The smallest absolute Gasteiger partial charge is 0.302 e. The van der Waals surface area contributed by atoms with Gasteiger partial charge in [-0.05, 0) is 23.6 Å². The molecule has 1 saturated carbocycles. The van der Waals surface area contributed by atoms with Crippen molar-refractivity contribution in [3.8, 4) is 0 Å². The molecule has 0 amide bonds. The molecule has 0 heterocycles. The highest BCUT2D eigenvalue weighted by atomic mass is 33.1. The van der Waals surface area contributed by atoms with Crippen LogP contribution in [0, 0.1) is 0 Å². The van der Waals surface area contributed by atoms with Crippen molar-refractivity contribution in [3.63, 3.8) is 0 Å². The third kappa shape index (κ3) is 4.74. The first-order valence-electron chi connectivity index (χ1n) is 5.54. The molecule has 0 radical (unpaired) electrons. The summed E-state index contributed by atoms with van der Waals surface area (Å²) in [5.74, 6) is -0.0334. The van der Waals surface area contributed by atoms with Gasteiger partial charge in [-0.1, -0.05) is 19.3 Å². The Morgan fingerprint density at radius 1 is 1.31 bits per heavy atom. The molecule has 0 aliphatic heterocycles. The summed E-state index contributed by atoms with van der Waals surface area (Å²) < 4.78 is 28.4. The average molecular weight is 266 g/mol. The van der Waals surface area contributed by atoms with Gasteiger partial charge in [-0.25, -0.2) is 8.42 Å². The van der Waals surface area contributed by atoms with E-state index < -0.39 is 8.87 Å². The number of ether oxygens (including phenoxy) is 1. The lowest BCUT2D eigenvalue weighted by molar-refractivity contribution is -0.140. The summed E-state index contributed by atoms with van der Waals surface area (Å²) in [6, 6.07) is 0. The van der Waals surface area contributed by atoms with E-state index in [1.165, 1.54) is 6.92 Å². The van der Waals surface area contributed by atoms with E-state index in [1.54, 1.807) is 0 Å². The van der Waals surface area contributed by atoms with Gasteiger partial charge in [-0.3, -0.25) is 4.79 Å². The lowest BCUT2D eigenvalue weighted by Crippen LogP contribution is -2.22. The molecule has 6 heteroatoms. The number of carbonyl (C=O) groups excluding carboxylic acids is 1. The van der Waals surface area contributed by atoms with Crippen LogP contribution in [0.2, 0.25) is 0 Å². The van der Waals surface area contributed by atoms with Gasteiger partial charge in [0.1, 0.15) is 6.61 Å². The first-order valence-corrected chi connectivity index (χ1v) is 8.59. The Morgan fingerprint density at radius 2 is 1.94 bits per heavy atom. The van der Waals surface area contributed by atoms with Crippen molar-refractivity contribution in [2.45, 2.75) is 44.3 Å². The van der Waals surface area contributed by atoms with E-state index in [0.717, 1.165) is 42.9 Å². The van der Waals surface area contributed by atoms with Crippen molar-refractivity contribution in [3.05, 3.63) is 0 Å². The summed E-state index contributed by atoms with van der Waals surface area (Å²) in [6.07, 6.45) is 4.72. The monoisotopic (exact) mass is 266 g/mol. The van der Waals surface area contributed by atoms with Crippen molar-refractivity contribution < 1.29 is 17.9 Å². The maximum Gasteiger partial charge on any atom is 0.302 e. The Hall–Kier alpha value is -0.230. The van der Waals surface area contributed by atoms with Crippen LogP contribution in [-0.2, 0) is 18.4 Å². The number of hydrogen-bond donors (Lipinski definition) is 0. The molecule has 0 spiro atoms. The molecule has 0 bridgehead atoms. The second-order valence-electron chi connectivity index (χ2n) is 3.91. The van der Waals surface area contributed by atoms with Gasteiger partial charge in [-0.2, -0.15) is 0 Å². The van der Waals surface area contributed by atoms with Crippen LogP contribution in [0.5, 0.6) is 0 Å². The highest BCUT2D eigenvalue weighted by Gasteiger charge is 2.27. The zero-order valence-corrected chi connectivity index (χ0v) is 11.1. The second kappa shape index (κ2) is 6.49. The number of rotatable bonds is 5. The predicted octanol–water partition coefficient (Wildman–Crippen LogP) is 1.95. The van der Waals surface area contributed by atoms with Gasteiger partial charge >= 0.3 is 5.97 Å². The summed E-state index contributed by atoms with van der Waals surface area (Å²) in [5.41, 5.74) is 0. The summed E-state index contributed by atoms with van der Waals surface area (Å²) >= 11 is 0. The molecule has 1 rings (SSSR count). The summed E-state index contributed by atoms with van der Waals surface area (Å²) in [5, 5.41) is -0.191. The molecule has 0 N–H and O–H groups in total. The van der Waals surface area contributed by atoms with E-state index in [0.29, 0.717) is 5.75 Å². The Kier molecular flexibility index (Phi) is 5.61. The van der Waals surface area contributed by atoms with Gasteiger partial charge in [0.05, 0.1) is 5.25 Å². The molecule has 0 atom stereocenters. The third-order valence-corrected chi connectivity index (χ3v) is 6.85. The Labute approximate surface area is 100 Å². The van der Waals surface area contributed by atoms with Crippen LogP contribution < -0.4 is 0 Å².